The number of Topliss-reactive ketones (excluding diaryl/α,β-unsaturated/α-hetero) is 2. The van der Waals surface area contributed by atoms with Crippen LogP contribution < -0.4 is 5.84 Å². The number of hydrogen-bond donors (Lipinski definition) is 2. The normalized spacial score (nSPS) is 11.0. The lowest BCUT2D eigenvalue weighted by molar-refractivity contribution is 0.101. The number of carbonyl (C=O) groups excluding carboxylic acids is 2. The van der Waals surface area contributed by atoms with E-state index in [9.17, 15) is 9.59 Å². The molecular weight excluding hydrogens is 386 g/mol. The van der Waals surface area contributed by atoms with Crippen molar-refractivity contribution >= 4 is 34.9 Å². The first-order valence-electron chi connectivity index (χ1n) is 8.12. The zero-order valence-electron chi connectivity index (χ0n) is 15.0. The lowest BCUT2D eigenvalue weighted by atomic mass is 10.1. The van der Waals surface area contributed by atoms with E-state index in [1.54, 1.807) is 26.0 Å². The van der Waals surface area contributed by atoms with Crippen LogP contribution in [0, 0.1) is 13.8 Å². The summed E-state index contributed by atoms with van der Waals surface area (Å²) in [6.45, 7) is 5.03. The summed E-state index contributed by atoms with van der Waals surface area (Å²) in [5.41, 5.74) is 3.01. The third-order valence-electron chi connectivity index (χ3n) is 4.18. The van der Waals surface area contributed by atoms with Crippen LogP contribution in [0.2, 0.25) is 5.02 Å². The molecule has 0 saturated carbocycles. The monoisotopic (exact) mass is 403 g/mol. The summed E-state index contributed by atoms with van der Waals surface area (Å²) >= 11 is 7.35. The smallest absolute Gasteiger partial charge is 0.210 e. The summed E-state index contributed by atoms with van der Waals surface area (Å²) in [6, 6.07) is 7.18. The molecular formula is C18H18ClN5O2S. The van der Waals surface area contributed by atoms with Crippen molar-refractivity contribution in [2.45, 2.75) is 25.9 Å². The molecule has 0 spiro atoms. The van der Waals surface area contributed by atoms with Gasteiger partial charge in [-0.05, 0) is 38.5 Å². The average Bonchev–Trinajstić information content (AvgIpc) is 3.12. The van der Waals surface area contributed by atoms with Gasteiger partial charge in [0.15, 0.2) is 17.4 Å². The first-order valence-corrected chi connectivity index (χ1v) is 9.49. The van der Waals surface area contributed by atoms with E-state index in [1.165, 1.54) is 23.4 Å². The topological polar surface area (TPSA) is 107 Å². The summed E-state index contributed by atoms with van der Waals surface area (Å²) in [5, 5.41) is 9.03. The van der Waals surface area contributed by atoms with E-state index >= 15 is 0 Å². The van der Waals surface area contributed by atoms with Crippen molar-refractivity contribution < 1.29 is 9.59 Å². The quantitative estimate of drug-likeness (QED) is 0.371. The van der Waals surface area contributed by atoms with Gasteiger partial charge < -0.3 is 10.8 Å². The fraction of sp³-hybridized carbons (Fsp3) is 0.222. The lowest BCUT2D eigenvalue weighted by Gasteiger charge is -2.05. The minimum Gasteiger partial charge on any atom is -0.355 e. The van der Waals surface area contributed by atoms with E-state index in [2.05, 4.69) is 15.2 Å². The molecule has 0 aliphatic heterocycles. The molecule has 3 aromatic rings. The molecule has 2 aromatic heterocycles. The number of H-pyrrole nitrogens is 1. The van der Waals surface area contributed by atoms with Gasteiger partial charge in [0.1, 0.15) is 0 Å². The molecule has 27 heavy (non-hydrogen) atoms. The van der Waals surface area contributed by atoms with Crippen LogP contribution in [-0.4, -0.2) is 37.2 Å². The van der Waals surface area contributed by atoms with E-state index in [0.717, 1.165) is 0 Å². The van der Waals surface area contributed by atoms with E-state index in [4.69, 9.17) is 17.4 Å². The maximum atomic E-state index is 12.6. The highest BCUT2D eigenvalue weighted by molar-refractivity contribution is 7.99. The molecule has 3 rings (SSSR count). The highest BCUT2D eigenvalue weighted by Gasteiger charge is 2.21. The lowest BCUT2D eigenvalue weighted by Crippen LogP contribution is -2.13. The van der Waals surface area contributed by atoms with Crippen LogP contribution in [-0.2, 0) is 0 Å². The number of ketones is 2. The van der Waals surface area contributed by atoms with Crippen molar-refractivity contribution in [1.82, 2.24) is 19.9 Å². The van der Waals surface area contributed by atoms with E-state index in [1.807, 2.05) is 12.1 Å². The second-order valence-corrected chi connectivity index (χ2v) is 7.40. The number of aryl methyl sites for hydroxylation is 1. The largest absolute Gasteiger partial charge is 0.355 e. The maximum Gasteiger partial charge on any atom is 0.210 e. The Morgan fingerprint density at radius 3 is 2.59 bits per heavy atom. The molecule has 0 unspecified atom stereocenters. The number of aromatic nitrogens is 4. The first kappa shape index (κ1) is 19.2. The number of hydrogen-bond acceptors (Lipinski definition) is 6. The zero-order valence-corrected chi connectivity index (χ0v) is 16.6. The number of halogens is 1. The molecule has 0 fully saturated rings. The summed E-state index contributed by atoms with van der Waals surface area (Å²) in [5.74, 6) is 6.39. The summed E-state index contributed by atoms with van der Waals surface area (Å²) in [7, 11) is 0. The van der Waals surface area contributed by atoms with Gasteiger partial charge in [-0.25, -0.2) is 4.68 Å². The third-order valence-corrected chi connectivity index (χ3v) is 5.45. The van der Waals surface area contributed by atoms with E-state index in [0.29, 0.717) is 44.1 Å². The SMILES string of the molecule is CC(=O)c1c(C)[nH]c(C(=O)CSc2nnc(-c3ccccc3Cl)n2N)c1C. The number of rotatable bonds is 6. The predicted molar refractivity (Wildman–Crippen MR) is 106 cm³/mol. The number of carbonyl (C=O) groups is 2. The van der Waals surface area contributed by atoms with Gasteiger partial charge in [-0.1, -0.05) is 35.5 Å². The van der Waals surface area contributed by atoms with Gasteiger partial charge in [-0.2, -0.15) is 0 Å². The number of nitrogens with zero attached hydrogens (tertiary/aromatic N) is 3. The number of thioether (sulfide) groups is 1. The van der Waals surface area contributed by atoms with Crippen LogP contribution in [0.3, 0.4) is 0 Å². The van der Waals surface area contributed by atoms with Crippen molar-refractivity contribution in [3.63, 3.8) is 0 Å². The zero-order chi connectivity index (χ0) is 19.7. The van der Waals surface area contributed by atoms with Gasteiger partial charge in [0.05, 0.1) is 16.5 Å². The van der Waals surface area contributed by atoms with Crippen molar-refractivity contribution in [1.29, 1.82) is 0 Å². The molecule has 0 atom stereocenters. The Kier molecular flexibility index (Phi) is 5.38. The molecule has 2 heterocycles. The van der Waals surface area contributed by atoms with E-state index < -0.39 is 0 Å². The van der Waals surface area contributed by atoms with Crippen LogP contribution >= 0.6 is 23.4 Å². The minimum atomic E-state index is -0.143. The highest BCUT2D eigenvalue weighted by atomic mass is 35.5. The highest BCUT2D eigenvalue weighted by Crippen LogP contribution is 2.28. The van der Waals surface area contributed by atoms with Crippen LogP contribution in [0.15, 0.2) is 29.4 Å². The van der Waals surface area contributed by atoms with E-state index in [-0.39, 0.29) is 17.3 Å². The van der Waals surface area contributed by atoms with Crippen LogP contribution in [0.5, 0.6) is 0 Å². The Morgan fingerprint density at radius 2 is 1.96 bits per heavy atom. The van der Waals surface area contributed by atoms with Crippen LogP contribution in [0.25, 0.3) is 11.4 Å². The second kappa shape index (κ2) is 7.58. The Hall–Kier alpha value is -2.58. The fourth-order valence-corrected chi connectivity index (χ4v) is 3.91. The number of benzene rings is 1. The molecule has 1 aromatic carbocycles. The van der Waals surface area contributed by atoms with Crippen molar-refractivity contribution in [3.05, 3.63) is 51.8 Å². The number of nitrogens with two attached hydrogens (primary N) is 1. The summed E-state index contributed by atoms with van der Waals surface area (Å²) < 4.78 is 1.31. The maximum absolute atomic E-state index is 12.6. The Bertz CT molecular complexity index is 1040. The average molecular weight is 404 g/mol. The number of aromatic amines is 1. The standard InChI is InChI=1S/C18H18ClN5O2S/c1-9-15(11(3)25)10(2)21-16(9)14(26)8-27-18-23-22-17(24(18)20)12-6-4-5-7-13(12)19/h4-7,21H,8,20H2,1-3H3. The fourth-order valence-electron chi connectivity index (χ4n) is 2.96. The second-order valence-electron chi connectivity index (χ2n) is 6.05. The molecule has 0 saturated heterocycles. The molecule has 0 aliphatic rings. The number of nitrogen functional groups attached to an aromatic ring is 1. The predicted octanol–water partition coefficient (Wildman–Crippen LogP) is 3.43. The van der Waals surface area contributed by atoms with Crippen molar-refractivity contribution in [2.75, 3.05) is 11.6 Å². The number of nitrogens with one attached hydrogen (secondary N) is 1. The molecule has 140 valence electrons. The molecule has 0 radical (unpaired) electrons. The Labute approximate surface area is 165 Å². The molecule has 9 heteroatoms. The van der Waals surface area contributed by atoms with Crippen molar-refractivity contribution in [3.8, 4) is 11.4 Å². The van der Waals surface area contributed by atoms with Gasteiger partial charge >= 0.3 is 0 Å². The van der Waals surface area contributed by atoms with Gasteiger partial charge in [-0.3, -0.25) is 9.59 Å². The third kappa shape index (κ3) is 3.63. The van der Waals surface area contributed by atoms with Crippen molar-refractivity contribution in [2.24, 2.45) is 0 Å². The first-order chi connectivity index (χ1) is 12.8. The molecule has 0 amide bonds. The Balaban J connectivity index is 1.79. The van der Waals surface area contributed by atoms with Crippen LogP contribution in [0.4, 0.5) is 0 Å². The van der Waals surface area contributed by atoms with Gasteiger partial charge in [-0.15, -0.1) is 10.2 Å². The van der Waals surface area contributed by atoms with Gasteiger partial charge in [0.2, 0.25) is 5.16 Å². The molecule has 3 N–H and O–H groups in total. The van der Waals surface area contributed by atoms with Crippen LogP contribution in [0.1, 0.15) is 39.0 Å². The van der Waals surface area contributed by atoms with Gasteiger partial charge in [0, 0.05) is 16.8 Å². The molecule has 0 aliphatic carbocycles. The summed E-state index contributed by atoms with van der Waals surface area (Å²) in [6.07, 6.45) is 0. The Morgan fingerprint density at radius 1 is 1.26 bits per heavy atom. The minimum absolute atomic E-state index is 0.0703. The molecule has 0 bridgehead atoms. The van der Waals surface area contributed by atoms with Gasteiger partial charge in [0.25, 0.3) is 0 Å². The molecule has 7 nitrogen and oxygen atoms in total. The summed E-state index contributed by atoms with van der Waals surface area (Å²) in [4.78, 5) is 27.3.